The molecule has 0 saturated carbocycles. The lowest BCUT2D eigenvalue weighted by atomic mass is 10.1. The maximum absolute atomic E-state index is 13.5. The topological polar surface area (TPSA) is 75.0 Å². The highest BCUT2D eigenvalue weighted by Gasteiger charge is 2.23. The van der Waals surface area contributed by atoms with Crippen molar-refractivity contribution >= 4 is 17.6 Å². The van der Waals surface area contributed by atoms with Crippen LogP contribution in [0.5, 0.6) is 0 Å². The van der Waals surface area contributed by atoms with E-state index in [1.165, 1.54) is 17.0 Å². The number of nitrogens with one attached hydrogen (secondary N) is 1. The Balaban J connectivity index is 1.74. The van der Waals surface area contributed by atoms with Gasteiger partial charge in [-0.3, -0.25) is 4.79 Å². The fourth-order valence-corrected chi connectivity index (χ4v) is 3.72. The second kappa shape index (κ2) is 14.0. The molecule has 7 nitrogen and oxygen atoms in total. The van der Waals surface area contributed by atoms with E-state index in [-0.39, 0.29) is 37.4 Å². The Kier molecular flexibility index (Phi) is 10.5. The van der Waals surface area contributed by atoms with E-state index in [4.69, 9.17) is 9.15 Å². The number of rotatable bonds is 13. The number of furan rings is 1. The number of anilines is 1. The zero-order valence-electron chi connectivity index (χ0n) is 20.9. The Morgan fingerprint density at radius 1 is 0.972 bits per heavy atom. The van der Waals surface area contributed by atoms with E-state index in [0.717, 1.165) is 17.5 Å². The molecule has 36 heavy (non-hydrogen) atoms. The van der Waals surface area contributed by atoms with Gasteiger partial charge < -0.3 is 24.3 Å². The van der Waals surface area contributed by atoms with Crippen molar-refractivity contribution in [3.05, 3.63) is 89.6 Å². The van der Waals surface area contributed by atoms with E-state index >= 15 is 0 Å². The van der Waals surface area contributed by atoms with Crippen molar-refractivity contribution in [1.29, 1.82) is 0 Å². The molecular formula is C28H34FN3O4. The zero-order chi connectivity index (χ0) is 25.8. The molecule has 3 aromatic rings. The predicted octanol–water partition coefficient (Wildman–Crippen LogP) is 5.47. The van der Waals surface area contributed by atoms with Crippen LogP contribution in [0.2, 0.25) is 0 Å². The standard InChI is InChI=1S/C28H34FN3O4/c1-3-22-8-5-9-25(18-22)30-28(34)31(15-7-16-35-4-2)21-27(33)32(20-26-10-6-17-36-26)19-23-11-13-24(29)14-12-23/h5-6,8-14,17-18H,3-4,7,15-16,19-21H2,1-2H3,(H,30,34). The van der Waals surface area contributed by atoms with Gasteiger partial charge in [-0.2, -0.15) is 0 Å². The summed E-state index contributed by atoms with van der Waals surface area (Å²) in [6, 6.07) is 16.9. The summed E-state index contributed by atoms with van der Waals surface area (Å²) in [7, 11) is 0. The molecule has 0 unspecified atom stereocenters. The predicted molar refractivity (Wildman–Crippen MR) is 137 cm³/mol. The van der Waals surface area contributed by atoms with Crippen LogP contribution < -0.4 is 5.32 Å². The molecule has 3 amide bonds. The van der Waals surface area contributed by atoms with Crippen LogP contribution in [0.15, 0.2) is 71.3 Å². The Morgan fingerprint density at radius 2 is 1.78 bits per heavy atom. The van der Waals surface area contributed by atoms with E-state index in [1.807, 2.05) is 38.1 Å². The lowest BCUT2D eigenvalue weighted by molar-refractivity contribution is -0.133. The zero-order valence-corrected chi connectivity index (χ0v) is 20.9. The summed E-state index contributed by atoms with van der Waals surface area (Å²) >= 11 is 0. The van der Waals surface area contributed by atoms with E-state index in [0.29, 0.717) is 37.6 Å². The number of aryl methyl sites for hydroxylation is 1. The molecule has 0 bridgehead atoms. The smallest absolute Gasteiger partial charge is 0.322 e. The van der Waals surface area contributed by atoms with Crippen molar-refractivity contribution in [2.75, 3.05) is 31.6 Å². The molecule has 0 aliphatic heterocycles. The quantitative estimate of drug-likeness (QED) is 0.319. The molecule has 0 radical (unpaired) electrons. The van der Waals surface area contributed by atoms with Crippen molar-refractivity contribution in [3.8, 4) is 0 Å². The van der Waals surface area contributed by atoms with Crippen molar-refractivity contribution < 1.29 is 23.1 Å². The maximum Gasteiger partial charge on any atom is 0.322 e. The average Bonchev–Trinajstić information content (AvgIpc) is 3.40. The van der Waals surface area contributed by atoms with Crippen LogP contribution in [0.1, 0.15) is 37.2 Å². The molecule has 0 aliphatic rings. The highest BCUT2D eigenvalue weighted by atomic mass is 19.1. The van der Waals surface area contributed by atoms with Crippen molar-refractivity contribution in [3.63, 3.8) is 0 Å². The van der Waals surface area contributed by atoms with E-state index in [1.54, 1.807) is 35.4 Å². The normalized spacial score (nSPS) is 10.8. The molecule has 8 heteroatoms. The lowest BCUT2D eigenvalue weighted by Crippen LogP contribution is -2.44. The minimum Gasteiger partial charge on any atom is -0.467 e. The number of amides is 3. The van der Waals surface area contributed by atoms with Crippen molar-refractivity contribution in [1.82, 2.24) is 9.80 Å². The number of carbonyl (C=O) groups is 2. The highest BCUT2D eigenvalue weighted by molar-refractivity contribution is 5.92. The molecule has 192 valence electrons. The maximum atomic E-state index is 13.5. The number of benzene rings is 2. The summed E-state index contributed by atoms with van der Waals surface area (Å²) in [6.07, 6.45) is 3.00. The molecule has 1 N–H and O–H groups in total. The molecule has 1 aromatic heterocycles. The van der Waals surface area contributed by atoms with Gasteiger partial charge in [-0.15, -0.1) is 0 Å². The highest BCUT2D eigenvalue weighted by Crippen LogP contribution is 2.15. The van der Waals surface area contributed by atoms with Gasteiger partial charge >= 0.3 is 6.03 Å². The summed E-state index contributed by atoms with van der Waals surface area (Å²) < 4.78 is 24.3. The minimum atomic E-state index is -0.354. The van der Waals surface area contributed by atoms with Crippen LogP contribution in [0.3, 0.4) is 0 Å². The Bertz CT molecular complexity index is 1090. The first-order valence-corrected chi connectivity index (χ1v) is 12.3. The lowest BCUT2D eigenvalue weighted by Gasteiger charge is -2.27. The summed E-state index contributed by atoms with van der Waals surface area (Å²) in [5.41, 5.74) is 2.57. The number of hydrogen-bond donors (Lipinski definition) is 1. The molecule has 1 heterocycles. The number of carbonyl (C=O) groups excluding carboxylic acids is 2. The third-order valence-corrected chi connectivity index (χ3v) is 5.69. The van der Waals surface area contributed by atoms with Gasteiger partial charge in [-0.25, -0.2) is 9.18 Å². The molecular weight excluding hydrogens is 461 g/mol. The average molecular weight is 496 g/mol. The monoisotopic (exact) mass is 495 g/mol. The molecule has 0 spiro atoms. The number of urea groups is 1. The molecule has 0 fully saturated rings. The van der Waals surface area contributed by atoms with Gasteiger partial charge in [0.15, 0.2) is 0 Å². The SMILES string of the molecule is CCOCCCN(CC(=O)N(Cc1ccc(F)cc1)Cc1ccco1)C(=O)Nc1cccc(CC)c1. The van der Waals surface area contributed by atoms with Crippen molar-refractivity contribution in [2.45, 2.75) is 39.8 Å². The third kappa shape index (κ3) is 8.53. The van der Waals surface area contributed by atoms with Gasteiger partial charge in [-0.05, 0) is 67.3 Å². The number of halogens is 1. The first kappa shape index (κ1) is 26.9. The molecule has 0 saturated heterocycles. The minimum absolute atomic E-state index is 0.118. The summed E-state index contributed by atoms with van der Waals surface area (Å²) in [4.78, 5) is 29.7. The fraction of sp³-hybridized carbons (Fsp3) is 0.357. The number of ether oxygens (including phenoxy) is 1. The Hall–Kier alpha value is -3.65. The van der Waals surface area contributed by atoms with Gasteiger partial charge in [0.1, 0.15) is 18.1 Å². The van der Waals surface area contributed by atoms with Crippen LogP contribution >= 0.6 is 0 Å². The van der Waals surface area contributed by atoms with Gasteiger partial charge in [0.25, 0.3) is 0 Å². The summed E-state index contributed by atoms with van der Waals surface area (Å²) in [5, 5.41) is 2.92. The van der Waals surface area contributed by atoms with Crippen LogP contribution in [0.25, 0.3) is 0 Å². The van der Waals surface area contributed by atoms with Crippen LogP contribution in [-0.2, 0) is 29.0 Å². The van der Waals surface area contributed by atoms with E-state index in [9.17, 15) is 14.0 Å². The summed E-state index contributed by atoms with van der Waals surface area (Å²) in [5.74, 6) is 0.0331. The van der Waals surface area contributed by atoms with Crippen LogP contribution in [-0.4, -0.2) is 48.0 Å². The number of nitrogens with zero attached hydrogens (tertiary/aromatic N) is 2. The first-order valence-electron chi connectivity index (χ1n) is 12.3. The second-order valence-electron chi connectivity index (χ2n) is 8.41. The van der Waals surface area contributed by atoms with Gasteiger partial charge in [-0.1, -0.05) is 31.2 Å². The number of hydrogen-bond acceptors (Lipinski definition) is 4. The first-order chi connectivity index (χ1) is 17.5. The fourth-order valence-electron chi connectivity index (χ4n) is 3.72. The van der Waals surface area contributed by atoms with Crippen LogP contribution in [0, 0.1) is 5.82 Å². The Labute approximate surface area is 211 Å². The van der Waals surface area contributed by atoms with Crippen molar-refractivity contribution in [2.24, 2.45) is 0 Å². The molecule has 2 aromatic carbocycles. The Morgan fingerprint density at radius 3 is 2.47 bits per heavy atom. The second-order valence-corrected chi connectivity index (χ2v) is 8.41. The van der Waals surface area contributed by atoms with Crippen LogP contribution in [0.4, 0.5) is 14.9 Å². The molecule has 3 rings (SSSR count). The molecule has 0 aliphatic carbocycles. The van der Waals surface area contributed by atoms with Gasteiger partial charge in [0.2, 0.25) is 5.91 Å². The van der Waals surface area contributed by atoms with E-state index in [2.05, 4.69) is 5.32 Å². The van der Waals surface area contributed by atoms with Gasteiger partial charge in [0.05, 0.1) is 12.8 Å². The summed E-state index contributed by atoms with van der Waals surface area (Å²) in [6.45, 7) is 5.77. The third-order valence-electron chi connectivity index (χ3n) is 5.69. The van der Waals surface area contributed by atoms with Gasteiger partial charge in [0, 0.05) is 32.0 Å². The molecule has 0 atom stereocenters. The largest absolute Gasteiger partial charge is 0.467 e. The van der Waals surface area contributed by atoms with E-state index < -0.39 is 0 Å².